The van der Waals surface area contributed by atoms with Crippen LogP contribution < -0.4 is 10.2 Å². The maximum Gasteiger partial charge on any atom is 0.261 e. The van der Waals surface area contributed by atoms with Crippen molar-refractivity contribution in [2.45, 2.75) is 25.1 Å². The molecule has 0 spiro atoms. The molecule has 0 aliphatic carbocycles. The van der Waals surface area contributed by atoms with E-state index in [9.17, 15) is 13.2 Å². The van der Waals surface area contributed by atoms with Crippen molar-refractivity contribution in [3.63, 3.8) is 0 Å². The molecule has 1 amide bonds. The van der Waals surface area contributed by atoms with Gasteiger partial charge < -0.3 is 0 Å². The van der Waals surface area contributed by atoms with Crippen molar-refractivity contribution in [1.82, 2.24) is 10.2 Å². The molecule has 0 saturated carbocycles. The van der Waals surface area contributed by atoms with Crippen LogP contribution in [0.2, 0.25) is 0 Å². The van der Waals surface area contributed by atoms with Crippen molar-refractivity contribution in [3.8, 4) is 0 Å². The topological polar surface area (TPSA) is 95.5 Å². The summed E-state index contributed by atoms with van der Waals surface area (Å²) in [5.74, 6) is -0.983. The lowest BCUT2D eigenvalue weighted by Gasteiger charge is -2.15. The minimum absolute atomic E-state index is 0.214. The smallest absolute Gasteiger partial charge is 0.261 e. The molecular weight excluding hydrogens is 312 g/mol. The van der Waals surface area contributed by atoms with Gasteiger partial charge in [0.15, 0.2) is 0 Å². The summed E-state index contributed by atoms with van der Waals surface area (Å²) in [6.45, 7) is 1.65. The molecule has 0 radical (unpaired) electrons. The van der Waals surface area contributed by atoms with Gasteiger partial charge in [-0.15, -0.1) is 11.3 Å². The van der Waals surface area contributed by atoms with Crippen molar-refractivity contribution in [1.29, 1.82) is 0 Å². The van der Waals surface area contributed by atoms with Crippen LogP contribution in [0.3, 0.4) is 0 Å². The summed E-state index contributed by atoms with van der Waals surface area (Å²) in [6.07, 6.45) is 0.245. The molecule has 1 aromatic heterocycles. The summed E-state index contributed by atoms with van der Waals surface area (Å²) < 4.78 is 27.6. The lowest BCUT2D eigenvalue weighted by molar-refractivity contribution is -0.131. The van der Waals surface area contributed by atoms with Crippen molar-refractivity contribution >= 4 is 37.4 Å². The maximum atomic E-state index is 12.1. The Bertz CT molecular complexity index is 739. The molecule has 0 saturated heterocycles. The first-order chi connectivity index (χ1) is 9.95. The van der Waals surface area contributed by atoms with Gasteiger partial charge in [0.25, 0.3) is 5.91 Å². The predicted molar refractivity (Wildman–Crippen MR) is 81.6 cm³/mol. The minimum Gasteiger partial charge on any atom is -0.289 e. The van der Waals surface area contributed by atoms with Gasteiger partial charge in [0, 0.05) is 4.70 Å². The van der Waals surface area contributed by atoms with Crippen LogP contribution in [0.1, 0.15) is 18.9 Å². The molecule has 0 unspecified atom stereocenters. The van der Waals surface area contributed by atoms with Crippen LogP contribution in [0, 0.1) is 0 Å². The van der Waals surface area contributed by atoms with E-state index in [2.05, 4.69) is 4.72 Å². The SMILES string of the molecule is CC[C@@H](NS(=O)(=O)Cc1ccc2sccc2c1)C(=O)NO. The van der Waals surface area contributed by atoms with E-state index in [0.29, 0.717) is 5.56 Å². The van der Waals surface area contributed by atoms with Gasteiger partial charge in [-0.05, 0) is 40.9 Å². The highest BCUT2D eigenvalue weighted by Gasteiger charge is 2.22. The fraction of sp³-hybridized carbons (Fsp3) is 0.308. The Morgan fingerprint density at radius 1 is 1.38 bits per heavy atom. The Labute approximate surface area is 126 Å². The van der Waals surface area contributed by atoms with Gasteiger partial charge in [-0.1, -0.05) is 13.0 Å². The number of hydroxylamine groups is 1. The molecule has 6 nitrogen and oxygen atoms in total. The Morgan fingerprint density at radius 2 is 2.14 bits per heavy atom. The first-order valence-corrected chi connectivity index (χ1v) is 8.88. The van der Waals surface area contributed by atoms with Crippen LogP contribution in [0.5, 0.6) is 0 Å². The van der Waals surface area contributed by atoms with Gasteiger partial charge in [-0.2, -0.15) is 0 Å². The molecule has 0 bridgehead atoms. The highest BCUT2D eigenvalue weighted by molar-refractivity contribution is 7.88. The van der Waals surface area contributed by atoms with Crippen LogP contribution in [0.15, 0.2) is 29.6 Å². The number of hydrogen-bond donors (Lipinski definition) is 3. The average Bonchev–Trinajstić information content (AvgIpc) is 2.91. The molecule has 1 heterocycles. The third-order valence-corrected chi connectivity index (χ3v) is 5.29. The number of thiophene rings is 1. The average molecular weight is 328 g/mol. The Hall–Kier alpha value is -1.48. The number of hydrogen-bond acceptors (Lipinski definition) is 5. The second-order valence-corrected chi connectivity index (χ2v) is 7.31. The second kappa shape index (κ2) is 6.52. The first kappa shape index (κ1) is 15.9. The van der Waals surface area contributed by atoms with Gasteiger partial charge in [-0.25, -0.2) is 18.6 Å². The Morgan fingerprint density at radius 3 is 2.81 bits per heavy atom. The standard InChI is InChI=1S/C13H16N2O4S2/c1-2-11(13(16)14-17)15-21(18,19)8-9-3-4-12-10(7-9)5-6-20-12/h3-7,11,15,17H,2,8H2,1H3,(H,14,16)/t11-/m1/s1. The van der Waals surface area contributed by atoms with Crippen LogP contribution >= 0.6 is 11.3 Å². The summed E-state index contributed by atoms with van der Waals surface area (Å²) >= 11 is 1.59. The van der Waals surface area contributed by atoms with Gasteiger partial charge in [-0.3, -0.25) is 10.0 Å². The van der Waals surface area contributed by atoms with Crippen LogP contribution in [0.25, 0.3) is 10.1 Å². The van der Waals surface area contributed by atoms with E-state index >= 15 is 0 Å². The molecule has 2 aromatic rings. The van der Waals surface area contributed by atoms with E-state index < -0.39 is 22.0 Å². The quantitative estimate of drug-likeness (QED) is 0.554. The maximum absolute atomic E-state index is 12.1. The lowest BCUT2D eigenvalue weighted by Crippen LogP contribution is -2.45. The fourth-order valence-electron chi connectivity index (χ4n) is 1.98. The number of rotatable bonds is 6. The molecule has 0 fully saturated rings. The summed E-state index contributed by atoms with van der Waals surface area (Å²) in [6, 6.07) is 6.40. The number of benzene rings is 1. The zero-order valence-corrected chi connectivity index (χ0v) is 13.0. The van der Waals surface area contributed by atoms with Crippen LogP contribution in [-0.2, 0) is 20.6 Å². The molecule has 8 heteroatoms. The van der Waals surface area contributed by atoms with Gasteiger partial charge in [0.05, 0.1) is 5.75 Å². The Kier molecular flexibility index (Phi) is 4.94. The molecule has 21 heavy (non-hydrogen) atoms. The van der Waals surface area contributed by atoms with E-state index in [-0.39, 0.29) is 12.2 Å². The van der Waals surface area contributed by atoms with Gasteiger partial charge in [0.1, 0.15) is 6.04 Å². The number of fused-ring (bicyclic) bond motifs is 1. The molecular formula is C13H16N2O4S2. The molecule has 3 N–H and O–H groups in total. The van der Waals surface area contributed by atoms with Crippen molar-refractivity contribution < 1.29 is 18.4 Å². The van der Waals surface area contributed by atoms with E-state index in [1.54, 1.807) is 24.3 Å². The Balaban J connectivity index is 2.14. The number of sulfonamides is 1. The lowest BCUT2D eigenvalue weighted by atomic mass is 10.2. The molecule has 1 aromatic carbocycles. The summed E-state index contributed by atoms with van der Waals surface area (Å²) in [4.78, 5) is 11.3. The van der Waals surface area contributed by atoms with E-state index in [0.717, 1.165) is 10.1 Å². The number of amides is 1. The van der Waals surface area contributed by atoms with E-state index in [1.165, 1.54) is 5.48 Å². The summed E-state index contributed by atoms with van der Waals surface area (Å²) in [5, 5.41) is 11.5. The molecule has 0 aliphatic rings. The van der Waals surface area contributed by atoms with Crippen LogP contribution in [-0.4, -0.2) is 25.6 Å². The van der Waals surface area contributed by atoms with Crippen LogP contribution in [0.4, 0.5) is 0 Å². The third-order valence-electron chi connectivity index (χ3n) is 3.03. The van der Waals surface area contributed by atoms with E-state index in [4.69, 9.17) is 5.21 Å². The molecule has 1 atom stereocenters. The van der Waals surface area contributed by atoms with Crippen molar-refractivity contribution in [2.75, 3.05) is 0 Å². The van der Waals surface area contributed by atoms with Gasteiger partial charge in [0.2, 0.25) is 10.0 Å². The molecule has 0 aliphatic heterocycles. The largest absolute Gasteiger partial charge is 0.289 e. The van der Waals surface area contributed by atoms with E-state index in [1.807, 2.05) is 23.6 Å². The monoisotopic (exact) mass is 328 g/mol. The zero-order chi connectivity index (χ0) is 15.5. The third kappa shape index (κ3) is 4.01. The van der Waals surface area contributed by atoms with Crippen molar-refractivity contribution in [3.05, 3.63) is 35.2 Å². The second-order valence-electron chi connectivity index (χ2n) is 4.61. The number of carbonyl (C=O) groups is 1. The molecule has 2 rings (SSSR count). The zero-order valence-electron chi connectivity index (χ0n) is 11.4. The summed E-state index contributed by atoms with van der Waals surface area (Å²) in [7, 11) is -3.67. The normalized spacial score (nSPS) is 13.2. The predicted octanol–water partition coefficient (Wildman–Crippen LogP) is 1.60. The highest BCUT2D eigenvalue weighted by Crippen LogP contribution is 2.22. The molecule has 114 valence electrons. The first-order valence-electron chi connectivity index (χ1n) is 6.35. The summed E-state index contributed by atoms with van der Waals surface area (Å²) in [5.41, 5.74) is 2.10. The highest BCUT2D eigenvalue weighted by atomic mass is 32.2. The fourth-order valence-corrected chi connectivity index (χ4v) is 4.16. The minimum atomic E-state index is -3.67. The van der Waals surface area contributed by atoms with Crippen molar-refractivity contribution in [2.24, 2.45) is 0 Å². The number of carbonyl (C=O) groups excluding carboxylic acids is 1. The number of nitrogens with one attached hydrogen (secondary N) is 2. The van der Waals surface area contributed by atoms with Gasteiger partial charge >= 0.3 is 0 Å².